The molecule has 1 aliphatic carbocycles. The van der Waals surface area contributed by atoms with Crippen molar-refractivity contribution >= 4 is 23.2 Å². The van der Waals surface area contributed by atoms with E-state index in [1.165, 1.54) is 0 Å². The number of benzene rings is 1. The normalized spacial score (nSPS) is 20.0. The second kappa shape index (κ2) is 4.20. The summed E-state index contributed by atoms with van der Waals surface area (Å²) in [6, 6.07) is 5.68. The second-order valence-electron chi connectivity index (χ2n) is 3.32. The van der Waals surface area contributed by atoms with Gasteiger partial charge in [-0.3, -0.25) is 0 Å². The van der Waals surface area contributed by atoms with Gasteiger partial charge in [0, 0.05) is 16.0 Å². The van der Waals surface area contributed by atoms with Crippen LogP contribution in [0.4, 0.5) is 0 Å². The highest BCUT2D eigenvalue weighted by atomic mass is 35.5. The number of hydrogen-bond acceptors (Lipinski definition) is 0. The molecule has 0 radical (unpaired) electrons. The molecule has 14 heavy (non-hydrogen) atoms. The van der Waals surface area contributed by atoms with Crippen LogP contribution in [-0.4, -0.2) is 0 Å². The minimum Gasteiger partial charge on any atom is -0.0843 e. The van der Waals surface area contributed by atoms with Gasteiger partial charge in [0.05, 0.1) is 0 Å². The van der Waals surface area contributed by atoms with Crippen LogP contribution in [0.5, 0.6) is 0 Å². The Morgan fingerprint density at radius 1 is 1.14 bits per heavy atom. The molecule has 0 nitrogen and oxygen atoms in total. The maximum atomic E-state index is 6.12. The minimum absolute atomic E-state index is 0.393. The highest BCUT2D eigenvalue weighted by Gasteiger charge is 2.11. The summed E-state index contributed by atoms with van der Waals surface area (Å²) in [5.74, 6) is 0.393. The first-order chi connectivity index (χ1) is 6.77. The van der Waals surface area contributed by atoms with Gasteiger partial charge in [0.25, 0.3) is 0 Å². The van der Waals surface area contributed by atoms with Crippen LogP contribution in [0.25, 0.3) is 0 Å². The summed E-state index contributed by atoms with van der Waals surface area (Å²) in [5, 5.41) is 1.44. The molecule has 1 aromatic rings. The molecule has 2 rings (SSSR count). The first kappa shape index (κ1) is 9.82. The van der Waals surface area contributed by atoms with Gasteiger partial charge in [-0.1, -0.05) is 53.6 Å². The Kier molecular flexibility index (Phi) is 2.95. The number of halogens is 2. The summed E-state index contributed by atoms with van der Waals surface area (Å²) in [4.78, 5) is 0. The van der Waals surface area contributed by atoms with E-state index in [9.17, 15) is 0 Å². The fraction of sp³-hybridized carbons (Fsp3) is 0.167. The zero-order chi connectivity index (χ0) is 9.97. The smallest absolute Gasteiger partial charge is 0.0458 e. The van der Waals surface area contributed by atoms with Crippen molar-refractivity contribution in [2.75, 3.05) is 0 Å². The van der Waals surface area contributed by atoms with Gasteiger partial charge in [-0.25, -0.2) is 0 Å². The van der Waals surface area contributed by atoms with Crippen LogP contribution in [-0.2, 0) is 0 Å². The molecule has 2 heteroatoms. The summed E-state index contributed by atoms with van der Waals surface area (Å²) in [7, 11) is 0. The number of allylic oxidation sites excluding steroid dienone is 4. The van der Waals surface area contributed by atoms with Gasteiger partial charge in [0.15, 0.2) is 0 Å². The van der Waals surface area contributed by atoms with Gasteiger partial charge < -0.3 is 0 Å². The molecule has 0 fully saturated rings. The predicted octanol–water partition coefficient (Wildman–Crippen LogP) is 4.59. The van der Waals surface area contributed by atoms with E-state index in [2.05, 4.69) is 24.3 Å². The van der Waals surface area contributed by atoms with Crippen LogP contribution >= 0.6 is 23.2 Å². The second-order valence-corrected chi connectivity index (χ2v) is 4.16. The van der Waals surface area contributed by atoms with Crippen molar-refractivity contribution in [1.82, 2.24) is 0 Å². The zero-order valence-electron chi connectivity index (χ0n) is 7.58. The summed E-state index contributed by atoms with van der Waals surface area (Å²) in [6.07, 6.45) is 9.43. The quantitative estimate of drug-likeness (QED) is 0.655. The first-order valence-corrected chi connectivity index (χ1v) is 5.31. The molecule has 0 N–H and O–H groups in total. The summed E-state index contributed by atoms with van der Waals surface area (Å²) < 4.78 is 0. The molecular weight excluding hydrogens is 215 g/mol. The van der Waals surface area contributed by atoms with E-state index < -0.39 is 0 Å². The van der Waals surface area contributed by atoms with E-state index in [4.69, 9.17) is 23.2 Å². The lowest BCUT2D eigenvalue weighted by Gasteiger charge is -2.14. The van der Waals surface area contributed by atoms with Crippen molar-refractivity contribution in [3.05, 3.63) is 58.1 Å². The van der Waals surface area contributed by atoms with E-state index in [1.807, 2.05) is 12.1 Å². The molecule has 1 aliphatic rings. The third-order valence-electron chi connectivity index (χ3n) is 2.34. The highest BCUT2D eigenvalue weighted by molar-refractivity contribution is 6.35. The molecular formula is C12H10Cl2. The molecule has 1 aromatic carbocycles. The summed E-state index contributed by atoms with van der Waals surface area (Å²) in [6.45, 7) is 0. The van der Waals surface area contributed by atoms with Gasteiger partial charge in [-0.05, 0) is 24.1 Å². The van der Waals surface area contributed by atoms with Crippen molar-refractivity contribution in [3.63, 3.8) is 0 Å². The molecule has 0 aliphatic heterocycles. The Hall–Kier alpha value is -0.720. The standard InChI is InChI=1S/C12H10Cl2/c13-10-6-7-11(12(14)8-10)9-4-2-1-3-5-9/h1-4,6-9H,5H2. The SMILES string of the molecule is Clc1ccc(C2C=CC=CC2)c(Cl)c1. The molecule has 0 aromatic heterocycles. The highest BCUT2D eigenvalue weighted by Crippen LogP contribution is 2.31. The van der Waals surface area contributed by atoms with Crippen LogP contribution in [0, 0.1) is 0 Å². The monoisotopic (exact) mass is 224 g/mol. The van der Waals surface area contributed by atoms with Gasteiger partial charge >= 0.3 is 0 Å². The molecule has 0 bridgehead atoms. The van der Waals surface area contributed by atoms with E-state index in [1.54, 1.807) is 6.07 Å². The van der Waals surface area contributed by atoms with E-state index in [-0.39, 0.29) is 0 Å². The third-order valence-corrected chi connectivity index (χ3v) is 2.91. The summed E-state index contributed by atoms with van der Waals surface area (Å²) in [5.41, 5.74) is 1.15. The lowest BCUT2D eigenvalue weighted by Crippen LogP contribution is -1.96. The van der Waals surface area contributed by atoms with Crippen molar-refractivity contribution in [2.45, 2.75) is 12.3 Å². The lowest BCUT2D eigenvalue weighted by atomic mass is 9.93. The molecule has 0 saturated heterocycles. The van der Waals surface area contributed by atoms with Crippen LogP contribution in [0.2, 0.25) is 10.0 Å². The molecule has 0 saturated carbocycles. The maximum Gasteiger partial charge on any atom is 0.0458 e. The number of rotatable bonds is 1. The van der Waals surface area contributed by atoms with E-state index in [0.29, 0.717) is 10.9 Å². The average Bonchev–Trinajstić information content (AvgIpc) is 2.19. The van der Waals surface area contributed by atoms with Gasteiger partial charge in [0.2, 0.25) is 0 Å². The van der Waals surface area contributed by atoms with Crippen LogP contribution in [0.1, 0.15) is 17.9 Å². The minimum atomic E-state index is 0.393. The van der Waals surface area contributed by atoms with Gasteiger partial charge in [-0.2, -0.15) is 0 Å². The largest absolute Gasteiger partial charge is 0.0843 e. The lowest BCUT2D eigenvalue weighted by molar-refractivity contribution is 0.854. The molecule has 1 unspecified atom stereocenters. The molecule has 0 amide bonds. The van der Waals surface area contributed by atoms with Crippen molar-refractivity contribution in [1.29, 1.82) is 0 Å². The molecule has 1 atom stereocenters. The number of hydrogen-bond donors (Lipinski definition) is 0. The molecule has 0 heterocycles. The topological polar surface area (TPSA) is 0 Å². The Morgan fingerprint density at radius 3 is 2.64 bits per heavy atom. The van der Waals surface area contributed by atoms with Crippen LogP contribution < -0.4 is 0 Å². The van der Waals surface area contributed by atoms with Crippen molar-refractivity contribution in [2.24, 2.45) is 0 Å². The summed E-state index contributed by atoms with van der Waals surface area (Å²) >= 11 is 12.0. The van der Waals surface area contributed by atoms with Crippen LogP contribution in [0.3, 0.4) is 0 Å². The predicted molar refractivity (Wildman–Crippen MR) is 62.1 cm³/mol. The Labute approximate surface area is 93.8 Å². The van der Waals surface area contributed by atoms with Gasteiger partial charge in [-0.15, -0.1) is 0 Å². The zero-order valence-corrected chi connectivity index (χ0v) is 9.09. The Morgan fingerprint density at radius 2 is 2.00 bits per heavy atom. The third kappa shape index (κ3) is 2.02. The van der Waals surface area contributed by atoms with Gasteiger partial charge in [0.1, 0.15) is 0 Å². The van der Waals surface area contributed by atoms with Crippen molar-refractivity contribution in [3.8, 4) is 0 Å². The first-order valence-electron chi connectivity index (χ1n) is 4.55. The molecule has 72 valence electrons. The maximum absolute atomic E-state index is 6.12. The Balaban J connectivity index is 2.32. The fourth-order valence-electron chi connectivity index (χ4n) is 1.61. The molecule has 0 spiro atoms. The Bertz CT molecular complexity index is 391. The van der Waals surface area contributed by atoms with Crippen molar-refractivity contribution < 1.29 is 0 Å². The van der Waals surface area contributed by atoms with E-state index in [0.717, 1.165) is 17.0 Å². The fourth-order valence-corrected chi connectivity index (χ4v) is 2.16. The average molecular weight is 225 g/mol. The van der Waals surface area contributed by atoms with Crippen LogP contribution in [0.15, 0.2) is 42.5 Å². The van der Waals surface area contributed by atoms with E-state index >= 15 is 0 Å².